The van der Waals surface area contributed by atoms with Gasteiger partial charge in [0.05, 0.1) is 25.2 Å². The van der Waals surface area contributed by atoms with Gasteiger partial charge in [-0.3, -0.25) is 0 Å². The van der Waals surface area contributed by atoms with E-state index in [-0.39, 0.29) is 29.5 Å². The molecule has 0 aliphatic carbocycles. The molecule has 1 aliphatic rings. The van der Waals surface area contributed by atoms with Crippen molar-refractivity contribution in [1.29, 1.82) is 5.26 Å². The Kier molecular flexibility index (Phi) is 4.59. The number of hydrogen-bond acceptors (Lipinski definition) is 5. The highest BCUT2D eigenvalue weighted by molar-refractivity contribution is 7.90. The molecule has 0 saturated carbocycles. The Hall–Kier alpha value is -3.05. The molecule has 6 nitrogen and oxygen atoms in total. The summed E-state index contributed by atoms with van der Waals surface area (Å²) < 4.78 is 41.1. The number of nitriles is 1. The van der Waals surface area contributed by atoms with Gasteiger partial charge in [-0.15, -0.1) is 4.40 Å². The zero-order valence-corrected chi connectivity index (χ0v) is 13.8. The molecule has 0 amide bonds. The average molecular weight is 356 g/mol. The van der Waals surface area contributed by atoms with Crippen LogP contribution in [0, 0.1) is 17.1 Å². The average Bonchev–Trinajstić information content (AvgIpc) is 2.88. The van der Waals surface area contributed by atoms with Crippen LogP contribution < -0.4 is 0 Å². The van der Waals surface area contributed by atoms with Gasteiger partial charge >= 0.3 is 0 Å². The lowest BCUT2D eigenvalue weighted by Crippen LogP contribution is -2.27. The van der Waals surface area contributed by atoms with Gasteiger partial charge in [0.2, 0.25) is 0 Å². The minimum atomic E-state index is -3.77. The summed E-state index contributed by atoms with van der Waals surface area (Å²) in [6, 6.07) is 14.1. The summed E-state index contributed by atoms with van der Waals surface area (Å²) in [4.78, 5) is 0.115. The summed E-state index contributed by atoms with van der Waals surface area (Å²) in [5, 5.41) is 14.5. The van der Waals surface area contributed by atoms with E-state index >= 15 is 0 Å². The van der Waals surface area contributed by atoms with Crippen molar-refractivity contribution >= 4 is 22.1 Å². The fraction of sp³-hybridized carbons (Fsp3) is 0.118. The third-order valence-corrected chi connectivity index (χ3v) is 4.83. The Morgan fingerprint density at radius 3 is 2.64 bits per heavy atom. The second kappa shape index (κ2) is 6.83. The molecule has 25 heavy (non-hydrogen) atoms. The van der Waals surface area contributed by atoms with Crippen LogP contribution in [-0.4, -0.2) is 32.0 Å². The molecule has 0 spiro atoms. The van der Waals surface area contributed by atoms with Gasteiger partial charge in [0, 0.05) is 5.56 Å². The van der Waals surface area contributed by atoms with Crippen LogP contribution in [0.3, 0.4) is 0 Å². The number of nitrogens with zero attached hydrogens (tertiary/aromatic N) is 4. The number of sulfonamides is 1. The fourth-order valence-electron chi connectivity index (χ4n) is 2.33. The first-order chi connectivity index (χ1) is 12.0. The summed E-state index contributed by atoms with van der Waals surface area (Å²) in [6.07, 6.45) is 1.61. The van der Waals surface area contributed by atoms with Gasteiger partial charge in [0.1, 0.15) is 10.7 Å². The highest BCUT2D eigenvalue weighted by Gasteiger charge is 2.31. The van der Waals surface area contributed by atoms with Gasteiger partial charge in [-0.1, -0.05) is 24.3 Å². The van der Waals surface area contributed by atoms with Gasteiger partial charge in [-0.05, 0) is 29.8 Å². The van der Waals surface area contributed by atoms with E-state index in [0.29, 0.717) is 11.1 Å². The van der Waals surface area contributed by atoms with E-state index in [1.54, 1.807) is 30.3 Å². The Bertz CT molecular complexity index is 992. The van der Waals surface area contributed by atoms with Crippen LogP contribution >= 0.6 is 0 Å². The topological polar surface area (TPSA) is 85.9 Å². The SMILES string of the molecule is N#CCCN(N=Cc1ccc(F)cc1)C1=NS(=O)(=O)c2ccccc21. The quantitative estimate of drug-likeness (QED) is 0.622. The van der Waals surface area contributed by atoms with Crippen LogP contribution in [0.5, 0.6) is 0 Å². The van der Waals surface area contributed by atoms with E-state index in [0.717, 1.165) is 0 Å². The number of hydrazone groups is 1. The van der Waals surface area contributed by atoms with Crippen molar-refractivity contribution in [3.8, 4) is 6.07 Å². The molecule has 0 bridgehead atoms. The van der Waals surface area contributed by atoms with Gasteiger partial charge in [-0.2, -0.15) is 18.8 Å². The van der Waals surface area contributed by atoms with Crippen LogP contribution in [0.1, 0.15) is 17.5 Å². The Balaban J connectivity index is 1.97. The zero-order chi connectivity index (χ0) is 17.9. The van der Waals surface area contributed by atoms with E-state index in [1.807, 2.05) is 6.07 Å². The van der Waals surface area contributed by atoms with E-state index < -0.39 is 10.0 Å². The maximum atomic E-state index is 13.0. The number of halogens is 1. The normalized spacial score (nSPS) is 14.8. The number of benzene rings is 2. The number of hydrogen-bond donors (Lipinski definition) is 0. The first-order valence-corrected chi connectivity index (χ1v) is 8.84. The van der Waals surface area contributed by atoms with E-state index in [4.69, 9.17) is 5.26 Å². The molecule has 2 aromatic rings. The molecule has 8 heteroatoms. The van der Waals surface area contributed by atoms with Crippen molar-refractivity contribution in [2.75, 3.05) is 6.54 Å². The highest BCUT2D eigenvalue weighted by atomic mass is 32.2. The standard InChI is InChI=1S/C17H13FN4O2S/c18-14-8-6-13(7-9-14)12-20-22(11-3-10-19)17-15-4-1-2-5-16(15)25(23,24)21-17/h1-2,4-9,12H,3,11H2. The minimum absolute atomic E-state index is 0.115. The molecular formula is C17H13FN4O2S. The van der Waals surface area contributed by atoms with Crippen LogP contribution in [0.25, 0.3) is 0 Å². The third kappa shape index (κ3) is 3.56. The summed E-state index contributed by atoms with van der Waals surface area (Å²) in [5.41, 5.74) is 1.08. The molecule has 0 N–H and O–H groups in total. The van der Waals surface area contributed by atoms with E-state index in [2.05, 4.69) is 9.50 Å². The monoisotopic (exact) mass is 356 g/mol. The Morgan fingerprint density at radius 2 is 1.92 bits per heavy atom. The Morgan fingerprint density at radius 1 is 1.20 bits per heavy atom. The lowest BCUT2D eigenvalue weighted by atomic mass is 10.2. The van der Waals surface area contributed by atoms with Crippen molar-refractivity contribution in [2.24, 2.45) is 9.50 Å². The minimum Gasteiger partial charge on any atom is -0.246 e. The molecule has 0 fully saturated rings. The lowest BCUT2D eigenvalue weighted by Gasteiger charge is -2.17. The fourth-order valence-corrected chi connectivity index (χ4v) is 3.54. The predicted octanol–water partition coefficient (Wildman–Crippen LogP) is 2.52. The third-order valence-electron chi connectivity index (χ3n) is 3.51. The molecule has 0 aromatic heterocycles. The molecule has 0 radical (unpaired) electrons. The first-order valence-electron chi connectivity index (χ1n) is 7.40. The first kappa shape index (κ1) is 16.8. The van der Waals surface area contributed by atoms with Gasteiger partial charge in [0.15, 0.2) is 5.84 Å². The molecule has 126 valence electrons. The predicted molar refractivity (Wildman–Crippen MR) is 91.1 cm³/mol. The molecule has 0 saturated heterocycles. The maximum absolute atomic E-state index is 13.0. The van der Waals surface area contributed by atoms with Crippen LogP contribution in [0.15, 0.2) is 62.9 Å². The summed E-state index contributed by atoms with van der Waals surface area (Å²) in [7, 11) is -3.77. The summed E-state index contributed by atoms with van der Waals surface area (Å²) in [5.74, 6) is -0.192. The van der Waals surface area contributed by atoms with E-state index in [9.17, 15) is 12.8 Å². The molecule has 0 unspecified atom stereocenters. The molecular weight excluding hydrogens is 343 g/mol. The van der Waals surface area contributed by atoms with Gasteiger partial charge in [0.25, 0.3) is 10.0 Å². The molecule has 1 heterocycles. The van der Waals surface area contributed by atoms with Crippen molar-refractivity contribution in [1.82, 2.24) is 5.01 Å². The molecule has 1 aliphatic heterocycles. The van der Waals surface area contributed by atoms with Crippen molar-refractivity contribution < 1.29 is 12.8 Å². The van der Waals surface area contributed by atoms with Crippen molar-refractivity contribution in [2.45, 2.75) is 11.3 Å². The second-order valence-corrected chi connectivity index (χ2v) is 6.79. The number of amidine groups is 1. The molecule has 3 rings (SSSR count). The van der Waals surface area contributed by atoms with Crippen LogP contribution in [-0.2, 0) is 10.0 Å². The lowest BCUT2D eigenvalue weighted by molar-refractivity contribution is 0.459. The summed E-state index contributed by atoms with van der Waals surface area (Å²) >= 11 is 0. The van der Waals surface area contributed by atoms with E-state index in [1.165, 1.54) is 29.4 Å². The van der Waals surface area contributed by atoms with Gasteiger partial charge < -0.3 is 0 Å². The van der Waals surface area contributed by atoms with Gasteiger partial charge in [-0.25, -0.2) is 9.40 Å². The summed E-state index contributed by atoms with van der Waals surface area (Å²) in [6.45, 7) is 0.177. The van der Waals surface area contributed by atoms with Crippen LogP contribution in [0.4, 0.5) is 4.39 Å². The molecule has 0 atom stereocenters. The smallest absolute Gasteiger partial charge is 0.246 e. The van der Waals surface area contributed by atoms with Crippen LogP contribution in [0.2, 0.25) is 0 Å². The molecule has 2 aromatic carbocycles. The largest absolute Gasteiger partial charge is 0.285 e. The number of fused-ring (bicyclic) bond motifs is 1. The van der Waals surface area contributed by atoms with Crippen molar-refractivity contribution in [3.63, 3.8) is 0 Å². The Labute approximate surface area is 144 Å². The number of rotatable bonds is 4. The zero-order valence-electron chi connectivity index (χ0n) is 13.0. The van der Waals surface area contributed by atoms with Crippen molar-refractivity contribution in [3.05, 3.63) is 65.5 Å². The maximum Gasteiger partial charge on any atom is 0.285 e. The second-order valence-electron chi connectivity index (χ2n) is 5.21. The highest BCUT2D eigenvalue weighted by Crippen LogP contribution is 2.27.